The number of ether oxygens (including phenoxy) is 2. The van der Waals surface area contributed by atoms with Crippen LogP contribution in [0.1, 0.15) is 54.9 Å². The van der Waals surface area contributed by atoms with E-state index in [1.165, 1.54) is 7.11 Å². The number of carbonyl (C=O) groups excluding carboxylic acids is 2. The van der Waals surface area contributed by atoms with Crippen LogP contribution in [0.5, 0.6) is 0 Å². The third kappa shape index (κ3) is 6.89. The van der Waals surface area contributed by atoms with E-state index in [-0.39, 0.29) is 11.7 Å². The van der Waals surface area contributed by atoms with Crippen molar-refractivity contribution in [2.45, 2.75) is 72.1 Å². The smallest absolute Gasteiger partial charge is 0.408 e. The Labute approximate surface area is 122 Å². The third-order valence-corrected chi connectivity index (χ3v) is 2.82. The van der Waals surface area contributed by atoms with E-state index in [4.69, 9.17) is 9.47 Å². The van der Waals surface area contributed by atoms with Crippen molar-refractivity contribution in [3.63, 3.8) is 0 Å². The predicted molar refractivity (Wildman–Crippen MR) is 78.7 cm³/mol. The maximum absolute atomic E-state index is 12.4. The van der Waals surface area contributed by atoms with Crippen LogP contribution in [0.15, 0.2) is 0 Å². The van der Waals surface area contributed by atoms with E-state index in [0.717, 1.165) is 0 Å². The molecule has 0 aliphatic rings. The van der Waals surface area contributed by atoms with E-state index in [1.807, 2.05) is 13.8 Å². The predicted octanol–water partition coefficient (Wildman–Crippen LogP) is 2.92. The summed E-state index contributed by atoms with van der Waals surface area (Å²) in [6, 6.07) is -0.611. The van der Waals surface area contributed by atoms with Gasteiger partial charge in [-0.1, -0.05) is 13.8 Å². The summed E-state index contributed by atoms with van der Waals surface area (Å²) in [4.78, 5) is 24.3. The Morgan fingerprint density at radius 3 is 1.95 bits per heavy atom. The van der Waals surface area contributed by atoms with Crippen LogP contribution in [0.2, 0.25) is 0 Å². The second-order valence-corrected chi connectivity index (χ2v) is 6.91. The molecule has 5 heteroatoms. The van der Waals surface area contributed by atoms with Crippen molar-refractivity contribution in [1.82, 2.24) is 5.32 Å². The highest BCUT2D eigenvalue weighted by molar-refractivity contribution is 5.93. The van der Waals surface area contributed by atoms with Crippen LogP contribution >= 0.6 is 0 Å². The Balaban J connectivity index is 4.91. The summed E-state index contributed by atoms with van der Waals surface area (Å²) in [5, 5.41) is 2.65. The molecule has 0 aromatic carbocycles. The van der Waals surface area contributed by atoms with Crippen LogP contribution in [0, 0.1) is 5.92 Å². The molecule has 0 saturated carbocycles. The van der Waals surface area contributed by atoms with Gasteiger partial charge < -0.3 is 14.8 Å². The van der Waals surface area contributed by atoms with E-state index < -0.39 is 23.3 Å². The molecule has 118 valence electrons. The Bertz CT molecular complexity index is 342. The van der Waals surface area contributed by atoms with E-state index >= 15 is 0 Å². The second kappa shape index (κ2) is 7.07. The van der Waals surface area contributed by atoms with E-state index in [2.05, 4.69) is 5.32 Å². The van der Waals surface area contributed by atoms with Crippen molar-refractivity contribution in [3.05, 3.63) is 0 Å². The molecule has 0 heterocycles. The van der Waals surface area contributed by atoms with Gasteiger partial charge in [0.1, 0.15) is 11.2 Å². The van der Waals surface area contributed by atoms with Crippen molar-refractivity contribution in [2.24, 2.45) is 5.92 Å². The number of alkyl carbamates (subject to hydrolysis) is 1. The maximum atomic E-state index is 12.4. The summed E-state index contributed by atoms with van der Waals surface area (Å²) in [5.41, 5.74) is -1.53. The molecule has 0 fully saturated rings. The highest BCUT2D eigenvalue weighted by atomic mass is 16.6. The molecule has 0 spiro atoms. The SMILES string of the molecule is COC(C)(C)C(=O)C(CC(C)C)NC(=O)OC(C)(C)C. The minimum atomic E-state index is -0.936. The van der Waals surface area contributed by atoms with Crippen LogP contribution < -0.4 is 5.32 Å². The quantitative estimate of drug-likeness (QED) is 0.815. The maximum Gasteiger partial charge on any atom is 0.408 e. The molecule has 5 nitrogen and oxygen atoms in total. The van der Waals surface area contributed by atoms with Crippen LogP contribution in [0.4, 0.5) is 4.79 Å². The normalized spacial score (nSPS) is 14.1. The summed E-state index contributed by atoms with van der Waals surface area (Å²) >= 11 is 0. The van der Waals surface area contributed by atoms with Crippen molar-refractivity contribution in [1.29, 1.82) is 0 Å². The zero-order chi connectivity index (χ0) is 16.1. The van der Waals surface area contributed by atoms with Gasteiger partial charge in [-0.25, -0.2) is 4.79 Å². The fourth-order valence-electron chi connectivity index (χ4n) is 1.67. The Hall–Kier alpha value is -1.10. The highest BCUT2D eigenvalue weighted by Gasteiger charge is 2.35. The van der Waals surface area contributed by atoms with Gasteiger partial charge in [0.2, 0.25) is 0 Å². The summed E-state index contributed by atoms with van der Waals surface area (Å²) < 4.78 is 10.4. The molecule has 0 rings (SSSR count). The molecule has 1 atom stereocenters. The molecule has 1 amide bonds. The lowest BCUT2D eigenvalue weighted by atomic mass is 9.91. The van der Waals surface area contributed by atoms with Gasteiger partial charge in [-0.15, -0.1) is 0 Å². The van der Waals surface area contributed by atoms with Gasteiger partial charge in [0.25, 0.3) is 0 Å². The van der Waals surface area contributed by atoms with Gasteiger partial charge in [-0.3, -0.25) is 4.79 Å². The minimum absolute atomic E-state index is 0.153. The number of hydrogen-bond donors (Lipinski definition) is 1. The van der Waals surface area contributed by atoms with Crippen LogP contribution in [0.25, 0.3) is 0 Å². The Morgan fingerprint density at radius 1 is 1.10 bits per heavy atom. The van der Waals surface area contributed by atoms with E-state index in [9.17, 15) is 9.59 Å². The fraction of sp³-hybridized carbons (Fsp3) is 0.867. The zero-order valence-electron chi connectivity index (χ0n) is 14.0. The lowest BCUT2D eigenvalue weighted by Crippen LogP contribution is -2.51. The number of rotatable bonds is 6. The van der Waals surface area contributed by atoms with Gasteiger partial charge in [0, 0.05) is 7.11 Å². The zero-order valence-corrected chi connectivity index (χ0v) is 14.0. The summed E-state index contributed by atoms with van der Waals surface area (Å²) in [5.74, 6) is 0.117. The molecular formula is C15H29NO4. The number of methoxy groups -OCH3 is 1. The molecule has 1 N–H and O–H groups in total. The molecule has 0 aromatic heterocycles. The lowest BCUT2D eigenvalue weighted by Gasteiger charge is -2.29. The second-order valence-electron chi connectivity index (χ2n) is 6.91. The van der Waals surface area contributed by atoms with Gasteiger partial charge in [-0.2, -0.15) is 0 Å². The van der Waals surface area contributed by atoms with E-state index in [1.54, 1.807) is 34.6 Å². The molecule has 0 bridgehead atoms. The van der Waals surface area contributed by atoms with Gasteiger partial charge in [0.15, 0.2) is 5.78 Å². The first kappa shape index (κ1) is 18.9. The first-order chi connectivity index (χ1) is 8.89. The Kier molecular flexibility index (Phi) is 6.68. The topological polar surface area (TPSA) is 64.6 Å². The van der Waals surface area contributed by atoms with Crippen molar-refractivity contribution in [2.75, 3.05) is 7.11 Å². The molecular weight excluding hydrogens is 258 g/mol. The van der Waals surface area contributed by atoms with Crippen molar-refractivity contribution >= 4 is 11.9 Å². The number of nitrogens with one attached hydrogen (secondary N) is 1. The number of ketones is 1. The molecule has 0 aliphatic heterocycles. The van der Waals surface area contributed by atoms with Gasteiger partial charge in [0.05, 0.1) is 6.04 Å². The first-order valence-corrected chi connectivity index (χ1v) is 6.98. The molecule has 0 aromatic rings. The highest BCUT2D eigenvalue weighted by Crippen LogP contribution is 2.17. The summed E-state index contributed by atoms with van der Waals surface area (Å²) in [6.07, 6.45) is -0.0337. The number of carbonyl (C=O) groups is 2. The average Bonchev–Trinajstić information content (AvgIpc) is 2.23. The van der Waals surface area contributed by atoms with Gasteiger partial charge >= 0.3 is 6.09 Å². The molecule has 0 radical (unpaired) electrons. The van der Waals surface area contributed by atoms with Crippen molar-refractivity contribution in [3.8, 4) is 0 Å². The van der Waals surface area contributed by atoms with E-state index in [0.29, 0.717) is 6.42 Å². The third-order valence-electron chi connectivity index (χ3n) is 2.82. The van der Waals surface area contributed by atoms with Gasteiger partial charge in [-0.05, 0) is 47.0 Å². The molecule has 20 heavy (non-hydrogen) atoms. The monoisotopic (exact) mass is 287 g/mol. The largest absolute Gasteiger partial charge is 0.444 e. The minimum Gasteiger partial charge on any atom is -0.444 e. The van der Waals surface area contributed by atoms with Crippen LogP contribution in [-0.4, -0.2) is 36.2 Å². The Morgan fingerprint density at radius 2 is 1.60 bits per heavy atom. The number of amides is 1. The average molecular weight is 287 g/mol. The van der Waals surface area contributed by atoms with Crippen LogP contribution in [0.3, 0.4) is 0 Å². The molecule has 0 aliphatic carbocycles. The number of Topliss-reactive ketones (excluding diaryl/α,β-unsaturated/α-hetero) is 1. The lowest BCUT2D eigenvalue weighted by molar-refractivity contribution is -0.139. The molecule has 0 saturated heterocycles. The van der Waals surface area contributed by atoms with Crippen LogP contribution in [-0.2, 0) is 14.3 Å². The molecule has 1 unspecified atom stereocenters. The van der Waals surface area contributed by atoms with Crippen molar-refractivity contribution < 1.29 is 19.1 Å². The number of hydrogen-bond acceptors (Lipinski definition) is 4. The standard InChI is InChI=1S/C15H29NO4/c1-10(2)9-11(12(17)15(6,7)19-8)16-13(18)20-14(3,4)5/h10-11H,9H2,1-8H3,(H,16,18). The first-order valence-electron chi connectivity index (χ1n) is 6.98. The fourth-order valence-corrected chi connectivity index (χ4v) is 1.67. The summed E-state index contributed by atoms with van der Waals surface area (Å²) in [6.45, 7) is 12.7. The summed E-state index contributed by atoms with van der Waals surface area (Å²) in [7, 11) is 1.48.